The maximum Gasteiger partial charge on any atom is 0.211 e. The Morgan fingerprint density at radius 2 is 1.26 bits per heavy atom. The normalized spacial score (nSPS) is 11.3. The summed E-state index contributed by atoms with van der Waals surface area (Å²) in [4.78, 5) is 3.99. The Hall–Kier alpha value is -6.10. The van der Waals surface area contributed by atoms with E-state index in [1.165, 1.54) is 0 Å². The molecule has 6 aromatic carbocycles. The molecule has 0 amide bonds. The molecule has 0 aliphatic carbocycles. The zero-order valence-corrected chi connectivity index (χ0v) is 22.4. The number of nitrogens with zero attached hydrogens (tertiary/aromatic N) is 3. The largest absolute Gasteiger partial charge is 0.456 e. The third kappa shape index (κ3) is 3.40. The molecule has 4 heteroatoms. The van der Waals surface area contributed by atoms with Crippen molar-refractivity contribution in [1.82, 2.24) is 4.57 Å². The molecule has 4 nitrogen and oxygen atoms in total. The second-order valence-electron chi connectivity index (χ2n) is 10.3. The molecule has 0 radical (unpaired) electrons. The zero-order valence-electron chi connectivity index (χ0n) is 22.4. The second-order valence-corrected chi connectivity index (χ2v) is 10.3. The van der Waals surface area contributed by atoms with Gasteiger partial charge in [0.1, 0.15) is 11.2 Å². The summed E-state index contributed by atoms with van der Waals surface area (Å²) in [6.45, 7) is 8.16. The number of benzene rings is 6. The second kappa shape index (κ2) is 9.24. The van der Waals surface area contributed by atoms with E-state index in [-0.39, 0.29) is 0 Å². The van der Waals surface area contributed by atoms with Crippen LogP contribution in [0.15, 0.2) is 132 Å². The Balaban J connectivity index is 1.47. The van der Waals surface area contributed by atoms with Crippen LogP contribution in [-0.4, -0.2) is 4.57 Å². The Kier molecular flexibility index (Phi) is 5.22. The van der Waals surface area contributed by atoms with Crippen LogP contribution >= 0.6 is 0 Å². The van der Waals surface area contributed by atoms with E-state index in [4.69, 9.17) is 11.0 Å². The van der Waals surface area contributed by atoms with E-state index in [0.717, 1.165) is 71.7 Å². The van der Waals surface area contributed by atoms with Crippen LogP contribution in [0.5, 0.6) is 0 Å². The van der Waals surface area contributed by atoms with Crippen molar-refractivity contribution in [3.05, 3.63) is 144 Å². The van der Waals surface area contributed by atoms with Gasteiger partial charge in [-0.1, -0.05) is 91.0 Å². The topological polar surface area (TPSA) is 46.2 Å². The SMILES string of the molecule is [C-]#[N+]c1cccc(-c2cccc(C#N)c2-c2ccc3oc4ccccc4c3c2)c1-n1c2ccccc2c2ccccc21. The predicted octanol–water partition coefficient (Wildman–Crippen LogP) is 10.4. The summed E-state index contributed by atoms with van der Waals surface area (Å²) in [5.74, 6) is 0. The monoisotopic (exact) mass is 535 g/mol. The lowest BCUT2D eigenvalue weighted by atomic mass is 9.89. The van der Waals surface area contributed by atoms with E-state index < -0.39 is 0 Å². The van der Waals surface area contributed by atoms with Gasteiger partial charge in [-0.2, -0.15) is 5.26 Å². The summed E-state index contributed by atoms with van der Waals surface area (Å²) < 4.78 is 8.29. The molecule has 0 spiro atoms. The molecule has 0 atom stereocenters. The lowest BCUT2D eigenvalue weighted by molar-refractivity contribution is 0.669. The van der Waals surface area contributed by atoms with Crippen molar-refractivity contribution in [2.75, 3.05) is 0 Å². The minimum absolute atomic E-state index is 0.545. The van der Waals surface area contributed by atoms with Crippen molar-refractivity contribution in [3.63, 3.8) is 0 Å². The van der Waals surface area contributed by atoms with Crippen molar-refractivity contribution in [2.45, 2.75) is 0 Å². The fourth-order valence-corrected chi connectivity index (χ4v) is 6.30. The fourth-order valence-electron chi connectivity index (χ4n) is 6.30. The van der Waals surface area contributed by atoms with Crippen LogP contribution in [0.4, 0.5) is 5.69 Å². The average Bonchev–Trinajstić information content (AvgIpc) is 3.59. The first kappa shape index (κ1) is 23.8. The first-order chi connectivity index (χ1) is 20.8. The number of hydrogen-bond donors (Lipinski definition) is 0. The Labute approximate surface area is 241 Å². The summed E-state index contributed by atoms with van der Waals surface area (Å²) in [5, 5.41) is 14.6. The smallest absolute Gasteiger partial charge is 0.211 e. The minimum atomic E-state index is 0.545. The van der Waals surface area contributed by atoms with Gasteiger partial charge >= 0.3 is 0 Å². The lowest BCUT2D eigenvalue weighted by Crippen LogP contribution is -1.99. The number of nitriles is 1. The lowest BCUT2D eigenvalue weighted by Gasteiger charge is -2.19. The van der Waals surface area contributed by atoms with Gasteiger partial charge < -0.3 is 8.98 Å². The van der Waals surface area contributed by atoms with Crippen molar-refractivity contribution in [2.24, 2.45) is 0 Å². The van der Waals surface area contributed by atoms with E-state index >= 15 is 0 Å². The van der Waals surface area contributed by atoms with Gasteiger partial charge in [-0.05, 0) is 53.1 Å². The summed E-state index contributed by atoms with van der Waals surface area (Å²) in [6.07, 6.45) is 0. The number of furan rings is 1. The number of hydrogen-bond acceptors (Lipinski definition) is 2. The minimum Gasteiger partial charge on any atom is -0.456 e. The van der Waals surface area contributed by atoms with Crippen molar-refractivity contribution >= 4 is 49.4 Å². The highest BCUT2D eigenvalue weighted by Gasteiger charge is 2.22. The number of aromatic nitrogens is 1. The van der Waals surface area contributed by atoms with Gasteiger partial charge in [0.25, 0.3) is 0 Å². The maximum atomic E-state index is 10.3. The molecule has 0 saturated heterocycles. The van der Waals surface area contributed by atoms with Crippen LogP contribution in [0.1, 0.15) is 5.56 Å². The molecule has 42 heavy (non-hydrogen) atoms. The molecule has 2 heterocycles. The highest BCUT2D eigenvalue weighted by molar-refractivity contribution is 6.11. The van der Waals surface area contributed by atoms with Crippen LogP contribution < -0.4 is 0 Å². The highest BCUT2D eigenvalue weighted by atomic mass is 16.3. The molecular formula is C38H21N3O. The first-order valence-corrected chi connectivity index (χ1v) is 13.7. The Morgan fingerprint density at radius 3 is 2.00 bits per heavy atom. The third-order valence-corrected chi connectivity index (χ3v) is 8.08. The van der Waals surface area contributed by atoms with Gasteiger partial charge in [0.15, 0.2) is 0 Å². The highest BCUT2D eigenvalue weighted by Crippen LogP contribution is 2.45. The van der Waals surface area contributed by atoms with Crippen LogP contribution in [0.2, 0.25) is 0 Å². The van der Waals surface area contributed by atoms with E-state index in [1.807, 2.05) is 84.9 Å². The van der Waals surface area contributed by atoms with Crippen molar-refractivity contribution in [3.8, 4) is 34.0 Å². The molecule has 0 saturated carbocycles. The molecule has 8 rings (SSSR count). The molecule has 0 aliphatic heterocycles. The molecule has 0 N–H and O–H groups in total. The zero-order chi connectivity index (χ0) is 28.2. The molecule has 8 aromatic rings. The molecule has 0 unspecified atom stereocenters. The quantitative estimate of drug-likeness (QED) is 0.211. The van der Waals surface area contributed by atoms with E-state index in [1.54, 1.807) is 0 Å². The number of fused-ring (bicyclic) bond motifs is 6. The standard InChI is InChI=1S/C38H21N3O/c1-40-32-16-9-15-30(38(32)41-33-17-5-2-11-26(33)27-12-3-6-18-34(27)41)29-14-8-10-25(23-39)37(29)24-20-21-36-31(22-24)28-13-4-7-19-35(28)42-36/h2-22H. The van der Waals surface area contributed by atoms with E-state index in [2.05, 4.69) is 57.9 Å². The molecule has 0 aliphatic rings. The van der Waals surface area contributed by atoms with Gasteiger partial charge in [0.2, 0.25) is 5.69 Å². The van der Waals surface area contributed by atoms with Crippen LogP contribution in [0, 0.1) is 17.9 Å². The molecule has 2 aromatic heterocycles. The Morgan fingerprint density at radius 1 is 0.619 bits per heavy atom. The van der Waals surface area contributed by atoms with E-state index in [9.17, 15) is 5.26 Å². The van der Waals surface area contributed by atoms with Crippen LogP contribution in [0.3, 0.4) is 0 Å². The Bertz CT molecular complexity index is 2390. The van der Waals surface area contributed by atoms with E-state index in [0.29, 0.717) is 11.3 Å². The van der Waals surface area contributed by atoms with Gasteiger partial charge in [-0.3, -0.25) is 0 Å². The number of para-hydroxylation sites is 4. The molecule has 0 fully saturated rings. The van der Waals surface area contributed by atoms with Gasteiger partial charge in [0, 0.05) is 27.1 Å². The summed E-state index contributed by atoms with van der Waals surface area (Å²) in [6, 6.07) is 44.8. The average molecular weight is 536 g/mol. The first-order valence-electron chi connectivity index (χ1n) is 13.7. The summed E-state index contributed by atoms with van der Waals surface area (Å²) in [7, 11) is 0. The molecular weight excluding hydrogens is 514 g/mol. The summed E-state index contributed by atoms with van der Waals surface area (Å²) >= 11 is 0. The van der Waals surface area contributed by atoms with Gasteiger partial charge in [0.05, 0.1) is 34.9 Å². The predicted molar refractivity (Wildman–Crippen MR) is 170 cm³/mol. The number of rotatable bonds is 3. The fraction of sp³-hybridized carbons (Fsp3) is 0. The van der Waals surface area contributed by atoms with Crippen molar-refractivity contribution < 1.29 is 4.42 Å². The maximum absolute atomic E-state index is 10.3. The molecule has 194 valence electrons. The third-order valence-electron chi connectivity index (χ3n) is 8.08. The van der Waals surface area contributed by atoms with Gasteiger partial charge in [-0.15, -0.1) is 0 Å². The van der Waals surface area contributed by atoms with Crippen LogP contribution in [-0.2, 0) is 0 Å². The summed E-state index contributed by atoms with van der Waals surface area (Å²) in [5.41, 5.74) is 9.14. The van der Waals surface area contributed by atoms with Gasteiger partial charge in [-0.25, -0.2) is 4.85 Å². The van der Waals surface area contributed by atoms with Crippen LogP contribution in [0.25, 0.3) is 76.5 Å². The van der Waals surface area contributed by atoms with Crippen molar-refractivity contribution in [1.29, 1.82) is 5.26 Å². The molecule has 0 bridgehead atoms.